The first-order chi connectivity index (χ1) is 15.6. The zero-order valence-electron chi connectivity index (χ0n) is 17.5. The Bertz CT molecular complexity index is 1260. The van der Waals surface area contributed by atoms with Crippen molar-refractivity contribution in [2.24, 2.45) is 5.10 Å². The summed E-state index contributed by atoms with van der Waals surface area (Å²) in [5.41, 5.74) is 4.12. The molecule has 162 valence electrons. The van der Waals surface area contributed by atoms with Gasteiger partial charge in [0.05, 0.1) is 28.1 Å². The first kappa shape index (κ1) is 21.0. The van der Waals surface area contributed by atoms with Crippen molar-refractivity contribution in [2.75, 3.05) is 5.75 Å². The highest BCUT2D eigenvalue weighted by Crippen LogP contribution is 2.36. The summed E-state index contributed by atoms with van der Waals surface area (Å²) in [6.07, 6.45) is 0.720. The van der Waals surface area contributed by atoms with Gasteiger partial charge < -0.3 is 0 Å². The van der Waals surface area contributed by atoms with Crippen molar-refractivity contribution in [2.45, 2.75) is 31.5 Å². The molecule has 1 aromatic carbocycles. The van der Waals surface area contributed by atoms with Gasteiger partial charge in [-0.25, -0.2) is 5.01 Å². The van der Waals surface area contributed by atoms with Crippen LogP contribution in [0.1, 0.15) is 33.3 Å². The van der Waals surface area contributed by atoms with Crippen LogP contribution < -0.4 is 0 Å². The van der Waals surface area contributed by atoms with Crippen molar-refractivity contribution in [3.8, 4) is 5.69 Å². The summed E-state index contributed by atoms with van der Waals surface area (Å²) < 4.78 is 1.69. The third-order valence-corrected chi connectivity index (χ3v) is 7.99. The number of carbonyl (C=O) groups is 1. The number of aryl methyl sites for hydroxylation is 2. The number of rotatable bonds is 6. The maximum atomic E-state index is 13.2. The standard InChI is InChI=1S/C22H20N6OS3/c1-14-7-8-17(15(2)11-14)28-22(23-25-26-28)32-13-21(29)27-18(20-6-4-10-31-20)12-16(24-27)19-5-3-9-30-19/h3-11,18H,12-13H2,1-2H3. The van der Waals surface area contributed by atoms with Gasteiger partial charge in [-0.05, 0) is 58.8 Å². The Labute approximate surface area is 197 Å². The normalized spacial score (nSPS) is 15.9. The summed E-state index contributed by atoms with van der Waals surface area (Å²) in [5, 5.41) is 23.1. The summed E-state index contributed by atoms with van der Waals surface area (Å²) in [4.78, 5) is 15.5. The van der Waals surface area contributed by atoms with Gasteiger partial charge in [-0.1, -0.05) is 41.6 Å². The highest BCUT2D eigenvalue weighted by Gasteiger charge is 2.34. The van der Waals surface area contributed by atoms with E-state index < -0.39 is 0 Å². The lowest BCUT2D eigenvalue weighted by Gasteiger charge is -2.20. The number of hydrazone groups is 1. The highest BCUT2D eigenvalue weighted by atomic mass is 32.2. The molecule has 0 fully saturated rings. The second-order valence-corrected chi connectivity index (χ2v) is 10.3. The monoisotopic (exact) mass is 480 g/mol. The molecule has 7 nitrogen and oxygen atoms in total. The van der Waals surface area contributed by atoms with Crippen LogP contribution in [0.25, 0.3) is 5.69 Å². The quantitative estimate of drug-likeness (QED) is 0.368. The summed E-state index contributed by atoms with van der Waals surface area (Å²) in [7, 11) is 0. The van der Waals surface area contributed by atoms with Crippen LogP contribution in [0.3, 0.4) is 0 Å². The van der Waals surface area contributed by atoms with Gasteiger partial charge in [0.15, 0.2) is 0 Å². The number of tetrazole rings is 1. The Morgan fingerprint density at radius 1 is 1.16 bits per heavy atom. The molecule has 32 heavy (non-hydrogen) atoms. The van der Waals surface area contributed by atoms with Crippen molar-refractivity contribution in [3.63, 3.8) is 0 Å². The zero-order chi connectivity index (χ0) is 22.1. The lowest BCUT2D eigenvalue weighted by molar-refractivity contribution is -0.130. The van der Waals surface area contributed by atoms with E-state index in [9.17, 15) is 4.79 Å². The SMILES string of the molecule is Cc1ccc(-n2nnnc2SCC(=O)N2N=C(c3cccs3)CC2c2cccs2)c(C)c1. The van der Waals surface area contributed by atoms with E-state index in [1.165, 1.54) is 17.3 Å². The molecule has 1 amide bonds. The van der Waals surface area contributed by atoms with Crippen LogP contribution in [0.2, 0.25) is 0 Å². The predicted molar refractivity (Wildman–Crippen MR) is 129 cm³/mol. The van der Waals surface area contributed by atoms with Gasteiger partial charge in [0.25, 0.3) is 5.91 Å². The largest absolute Gasteiger partial charge is 0.272 e. The Balaban J connectivity index is 1.36. The van der Waals surface area contributed by atoms with E-state index in [-0.39, 0.29) is 17.7 Å². The average Bonchev–Trinajstić information content (AvgIpc) is 3.58. The molecule has 1 atom stereocenters. The summed E-state index contributed by atoms with van der Waals surface area (Å²) in [5.74, 6) is 0.143. The number of carbonyl (C=O) groups excluding carboxylic acids is 1. The van der Waals surface area contributed by atoms with E-state index in [0.717, 1.165) is 33.1 Å². The van der Waals surface area contributed by atoms with E-state index in [1.807, 2.05) is 41.9 Å². The molecule has 0 bridgehead atoms. The molecule has 0 N–H and O–H groups in total. The molecule has 1 aliphatic rings. The summed E-state index contributed by atoms with van der Waals surface area (Å²) in [6, 6.07) is 14.2. The fourth-order valence-corrected chi connectivity index (χ4v) is 5.96. The molecule has 10 heteroatoms. The average molecular weight is 481 g/mol. The molecule has 1 unspecified atom stereocenters. The van der Waals surface area contributed by atoms with Crippen LogP contribution in [0.15, 0.2) is 63.5 Å². The number of amides is 1. The van der Waals surface area contributed by atoms with Gasteiger partial charge in [-0.2, -0.15) is 9.78 Å². The van der Waals surface area contributed by atoms with Gasteiger partial charge in [-0.3, -0.25) is 4.79 Å². The number of aromatic nitrogens is 4. The molecule has 4 aromatic rings. The van der Waals surface area contributed by atoms with Crippen LogP contribution in [0.4, 0.5) is 0 Å². The minimum absolute atomic E-state index is 0.0601. The van der Waals surface area contributed by atoms with E-state index in [1.54, 1.807) is 32.4 Å². The maximum absolute atomic E-state index is 13.2. The van der Waals surface area contributed by atoms with E-state index in [2.05, 4.69) is 40.6 Å². The minimum Gasteiger partial charge on any atom is -0.272 e. The van der Waals surface area contributed by atoms with Crippen LogP contribution in [0.5, 0.6) is 0 Å². The molecular weight excluding hydrogens is 460 g/mol. The molecule has 0 saturated heterocycles. The lowest BCUT2D eigenvalue weighted by Crippen LogP contribution is -2.28. The number of thioether (sulfide) groups is 1. The second kappa shape index (κ2) is 8.97. The molecule has 0 spiro atoms. The number of nitrogens with zero attached hydrogens (tertiary/aromatic N) is 6. The Hall–Kier alpha value is -2.82. The smallest absolute Gasteiger partial charge is 0.253 e. The molecule has 1 aliphatic heterocycles. The number of hydrogen-bond donors (Lipinski definition) is 0. The van der Waals surface area contributed by atoms with Gasteiger partial charge in [0.1, 0.15) is 0 Å². The van der Waals surface area contributed by atoms with Crippen LogP contribution >= 0.6 is 34.4 Å². The van der Waals surface area contributed by atoms with Crippen molar-refractivity contribution < 1.29 is 4.79 Å². The van der Waals surface area contributed by atoms with Crippen LogP contribution in [-0.4, -0.2) is 42.6 Å². The molecule has 3 aromatic heterocycles. The first-order valence-electron chi connectivity index (χ1n) is 10.1. The van der Waals surface area contributed by atoms with Gasteiger partial charge in [0.2, 0.25) is 5.16 Å². The zero-order valence-corrected chi connectivity index (χ0v) is 20.0. The van der Waals surface area contributed by atoms with E-state index in [0.29, 0.717) is 5.16 Å². The molecule has 5 rings (SSSR count). The fourth-order valence-electron chi connectivity index (χ4n) is 3.69. The number of benzene rings is 1. The van der Waals surface area contributed by atoms with Crippen molar-refractivity contribution >= 4 is 46.1 Å². The fraction of sp³-hybridized carbons (Fsp3) is 0.227. The summed E-state index contributed by atoms with van der Waals surface area (Å²) >= 11 is 4.62. The second-order valence-electron chi connectivity index (χ2n) is 7.45. The van der Waals surface area contributed by atoms with Crippen molar-refractivity contribution in [1.29, 1.82) is 0 Å². The highest BCUT2D eigenvalue weighted by molar-refractivity contribution is 7.99. The molecule has 0 aliphatic carbocycles. The summed E-state index contributed by atoms with van der Waals surface area (Å²) in [6.45, 7) is 4.08. The van der Waals surface area contributed by atoms with Gasteiger partial charge in [0, 0.05) is 11.3 Å². The van der Waals surface area contributed by atoms with Crippen LogP contribution in [-0.2, 0) is 4.79 Å². The van der Waals surface area contributed by atoms with Crippen molar-refractivity contribution in [3.05, 3.63) is 74.1 Å². The maximum Gasteiger partial charge on any atom is 0.253 e. The topological polar surface area (TPSA) is 76.3 Å². The van der Waals surface area contributed by atoms with E-state index >= 15 is 0 Å². The molecular formula is C22H20N6OS3. The van der Waals surface area contributed by atoms with Crippen molar-refractivity contribution in [1.82, 2.24) is 25.2 Å². The third-order valence-electron chi connectivity index (χ3n) is 5.19. The number of thiophene rings is 2. The lowest BCUT2D eigenvalue weighted by atomic mass is 10.1. The Morgan fingerprint density at radius 2 is 2.00 bits per heavy atom. The van der Waals surface area contributed by atoms with E-state index in [4.69, 9.17) is 5.10 Å². The van der Waals surface area contributed by atoms with Crippen LogP contribution in [0, 0.1) is 13.8 Å². The minimum atomic E-state index is -0.0736. The van der Waals surface area contributed by atoms with Gasteiger partial charge in [-0.15, -0.1) is 27.8 Å². The van der Waals surface area contributed by atoms with Gasteiger partial charge >= 0.3 is 0 Å². The molecule has 4 heterocycles. The molecule has 0 saturated carbocycles. The predicted octanol–water partition coefficient (Wildman–Crippen LogP) is 4.87. The Kier molecular flexibility index (Phi) is 5.90. The Morgan fingerprint density at radius 3 is 2.75 bits per heavy atom. The molecule has 0 radical (unpaired) electrons. The number of hydrogen-bond acceptors (Lipinski definition) is 8. The first-order valence-corrected chi connectivity index (χ1v) is 12.8. The third kappa shape index (κ3) is 4.13.